The zero-order valence-electron chi connectivity index (χ0n) is 16.0. The first-order chi connectivity index (χ1) is 13.5. The number of rotatable bonds is 5. The van der Waals surface area contributed by atoms with Crippen LogP contribution in [0.2, 0.25) is 0 Å². The highest BCUT2D eigenvalue weighted by Crippen LogP contribution is 2.11. The number of pyridine rings is 2. The second kappa shape index (κ2) is 8.15. The number of hydrogen-bond donors (Lipinski definition) is 0. The summed E-state index contributed by atoms with van der Waals surface area (Å²) in [5.41, 5.74) is 0.970. The van der Waals surface area contributed by atoms with Crippen LogP contribution in [0, 0.1) is 17.2 Å². The van der Waals surface area contributed by atoms with Crippen molar-refractivity contribution in [3.63, 3.8) is 0 Å². The Labute approximate surface area is 161 Å². The minimum Gasteiger partial charge on any atom is -0.385 e. The van der Waals surface area contributed by atoms with E-state index in [9.17, 15) is 14.9 Å². The van der Waals surface area contributed by atoms with Crippen molar-refractivity contribution in [2.24, 2.45) is 10.9 Å². The molecule has 3 aromatic heterocycles. The fourth-order valence-corrected chi connectivity index (χ4v) is 2.89. The van der Waals surface area contributed by atoms with Crippen molar-refractivity contribution in [1.29, 1.82) is 5.26 Å². The van der Waals surface area contributed by atoms with Crippen LogP contribution in [0.4, 0.5) is 0 Å². The van der Waals surface area contributed by atoms with Crippen LogP contribution in [0.15, 0.2) is 40.2 Å². The maximum absolute atomic E-state index is 13.0. The van der Waals surface area contributed by atoms with E-state index >= 15 is 0 Å². The Morgan fingerprint density at radius 2 is 2.18 bits per heavy atom. The SMILES string of the molecule is COCCCn1c(=NC(=O)C(C)C)c(C#N)cc2c(=O)n3ccccc3nc21. The number of carbonyl (C=O) groups excluding carboxylic acids is 1. The Morgan fingerprint density at radius 1 is 1.39 bits per heavy atom. The van der Waals surface area contributed by atoms with E-state index in [-0.39, 0.29) is 28.4 Å². The lowest BCUT2D eigenvalue weighted by Gasteiger charge is -2.13. The Balaban J connectivity index is 2.45. The highest BCUT2D eigenvalue weighted by Gasteiger charge is 2.15. The van der Waals surface area contributed by atoms with Crippen LogP contribution in [0.5, 0.6) is 0 Å². The van der Waals surface area contributed by atoms with Crippen molar-refractivity contribution >= 4 is 22.6 Å². The van der Waals surface area contributed by atoms with E-state index in [4.69, 9.17) is 4.74 Å². The number of hydrogen-bond acceptors (Lipinski definition) is 5. The van der Waals surface area contributed by atoms with Gasteiger partial charge in [-0.2, -0.15) is 10.3 Å². The Kier molecular flexibility index (Phi) is 5.66. The van der Waals surface area contributed by atoms with Crippen LogP contribution in [-0.2, 0) is 16.1 Å². The van der Waals surface area contributed by atoms with Gasteiger partial charge < -0.3 is 9.30 Å². The molecule has 8 heteroatoms. The second-order valence-corrected chi connectivity index (χ2v) is 6.68. The first-order valence-electron chi connectivity index (χ1n) is 9.00. The van der Waals surface area contributed by atoms with Crippen molar-refractivity contribution < 1.29 is 9.53 Å². The van der Waals surface area contributed by atoms with Gasteiger partial charge in [0.05, 0.1) is 10.9 Å². The number of nitrogens with zero attached hydrogens (tertiary/aromatic N) is 5. The number of carbonyl (C=O) groups is 1. The van der Waals surface area contributed by atoms with Crippen LogP contribution in [0.3, 0.4) is 0 Å². The summed E-state index contributed by atoms with van der Waals surface area (Å²) in [4.78, 5) is 34.0. The second-order valence-electron chi connectivity index (χ2n) is 6.68. The summed E-state index contributed by atoms with van der Waals surface area (Å²) in [5.74, 6) is -0.654. The van der Waals surface area contributed by atoms with Crippen molar-refractivity contribution in [2.45, 2.75) is 26.8 Å². The number of nitriles is 1. The lowest BCUT2D eigenvalue weighted by molar-refractivity contribution is -0.120. The molecule has 0 spiro atoms. The summed E-state index contributed by atoms with van der Waals surface area (Å²) in [7, 11) is 1.60. The minimum atomic E-state index is -0.339. The molecule has 0 atom stereocenters. The first-order valence-corrected chi connectivity index (χ1v) is 9.00. The minimum absolute atomic E-state index is 0.161. The number of fused-ring (bicyclic) bond motifs is 2. The molecular formula is C20H21N5O3. The molecule has 0 N–H and O–H groups in total. The van der Waals surface area contributed by atoms with Crippen molar-refractivity contribution in [1.82, 2.24) is 14.0 Å². The third kappa shape index (κ3) is 3.57. The molecule has 3 rings (SSSR count). The molecule has 28 heavy (non-hydrogen) atoms. The maximum atomic E-state index is 13.0. The van der Waals surface area contributed by atoms with E-state index in [2.05, 4.69) is 16.0 Å². The van der Waals surface area contributed by atoms with E-state index < -0.39 is 0 Å². The van der Waals surface area contributed by atoms with Gasteiger partial charge in [-0.15, -0.1) is 0 Å². The van der Waals surface area contributed by atoms with Gasteiger partial charge in [0.1, 0.15) is 17.4 Å². The zero-order valence-corrected chi connectivity index (χ0v) is 16.0. The number of aryl methyl sites for hydroxylation is 1. The van der Waals surface area contributed by atoms with Crippen molar-refractivity contribution in [2.75, 3.05) is 13.7 Å². The molecule has 0 aliphatic heterocycles. The van der Waals surface area contributed by atoms with E-state index in [1.807, 2.05) is 0 Å². The smallest absolute Gasteiger partial charge is 0.267 e. The summed E-state index contributed by atoms with van der Waals surface area (Å²) in [6.07, 6.45) is 2.24. The highest BCUT2D eigenvalue weighted by molar-refractivity contribution is 5.80. The largest absolute Gasteiger partial charge is 0.385 e. The normalized spacial score (nSPS) is 12.0. The molecular weight excluding hydrogens is 358 g/mol. The average Bonchev–Trinajstić information content (AvgIpc) is 2.69. The molecule has 0 unspecified atom stereocenters. The van der Waals surface area contributed by atoms with Gasteiger partial charge in [0.2, 0.25) is 5.91 Å². The predicted octanol–water partition coefficient (Wildman–Crippen LogP) is 1.64. The zero-order chi connectivity index (χ0) is 20.3. The molecule has 0 aliphatic rings. The van der Waals surface area contributed by atoms with Crippen LogP contribution in [0.25, 0.3) is 16.7 Å². The van der Waals surface area contributed by atoms with Gasteiger partial charge in [0, 0.05) is 32.4 Å². The molecule has 0 aliphatic carbocycles. The predicted molar refractivity (Wildman–Crippen MR) is 104 cm³/mol. The molecule has 1 amide bonds. The summed E-state index contributed by atoms with van der Waals surface area (Å²) < 4.78 is 8.22. The van der Waals surface area contributed by atoms with Gasteiger partial charge in [-0.25, -0.2) is 4.98 Å². The number of methoxy groups -OCH3 is 1. The van der Waals surface area contributed by atoms with Crippen molar-refractivity contribution in [3.8, 4) is 6.07 Å². The molecule has 0 saturated heterocycles. The van der Waals surface area contributed by atoms with Crippen LogP contribution in [0.1, 0.15) is 25.8 Å². The average molecular weight is 379 g/mol. The fourth-order valence-electron chi connectivity index (χ4n) is 2.89. The number of ether oxygens (including phenoxy) is 1. The van der Waals surface area contributed by atoms with Gasteiger partial charge in [0.15, 0.2) is 5.49 Å². The van der Waals surface area contributed by atoms with E-state index in [0.717, 1.165) is 0 Å². The van der Waals surface area contributed by atoms with Gasteiger partial charge in [-0.3, -0.25) is 14.0 Å². The Bertz CT molecular complexity index is 1210. The first kappa shape index (κ1) is 19.5. The van der Waals surface area contributed by atoms with Gasteiger partial charge >= 0.3 is 0 Å². The maximum Gasteiger partial charge on any atom is 0.267 e. The Hall–Kier alpha value is -3.31. The molecule has 3 aromatic rings. The molecule has 3 heterocycles. The third-order valence-electron chi connectivity index (χ3n) is 4.35. The molecule has 0 aromatic carbocycles. The third-order valence-corrected chi connectivity index (χ3v) is 4.35. The summed E-state index contributed by atoms with van der Waals surface area (Å²) in [5, 5.41) is 9.94. The summed E-state index contributed by atoms with van der Waals surface area (Å²) in [6.45, 7) is 4.37. The number of aromatic nitrogens is 3. The highest BCUT2D eigenvalue weighted by atomic mass is 16.5. The van der Waals surface area contributed by atoms with Crippen molar-refractivity contribution in [3.05, 3.63) is 51.9 Å². The standard InChI is InChI=1S/C20H21N5O3/c1-13(2)19(26)23-17-14(12-21)11-15-18(25(17)9-6-10-28-3)22-16-7-4-5-8-24(16)20(15)27/h4-5,7-8,11,13H,6,9-10H2,1-3H3. The topological polar surface area (TPSA) is 102 Å². The summed E-state index contributed by atoms with van der Waals surface area (Å²) >= 11 is 0. The number of amides is 1. The molecule has 0 fully saturated rings. The van der Waals surface area contributed by atoms with E-state index in [1.54, 1.807) is 49.9 Å². The molecule has 0 bridgehead atoms. The molecule has 144 valence electrons. The van der Waals surface area contributed by atoms with Crippen LogP contribution in [-0.4, -0.2) is 33.6 Å². The van der Waals surface area contributed by atoms with E-state index in [1.165, 1.54) is 10.5 Å². The quantitative estimate of drug-likeness (QED) is 0.495. The molecule has 0 radical (unpaired) electrons. The van der Waals surface area contributed by atoms with E-state index in [0.29, 0.717) is 36.3 Å². The molecule has 8 nitrogen and oxygen atoms in total. The lowest BCUT2D eigenvalue weighted by atomic mass is 10.2. The molecule has 0 saturated carbocycles. The van der Waals surface area contributed by atoms with Gasteiger partial charge in [-0.05, 0) is 24.6 Å². The van der Waals surface area contributed by atoms with Crippen LogP contribution < -0.4 is 11.0 Å². The van der Waals surface area contributed by atoms with Gasteiger partial charge in [-0.1, -0.05) is 19.9 Å². The monoisotopic (exact) mass is 379 g/mol. The fraction of sp³-hybridized carbons (Fsp3) is 0.350. The summed E-state index contributed by atoms with van der Waals surface area (Å²) in [6, 6.07) is 8.79. The van der Waals surface area contributed by atoms with Gasteiger partial charge in [0.25, 0.3) is 5.56 Å². The lowest BCUT2D eigenvalue weighted by Crippen LogP contribution is -2.30. The van der Waals surface area contributed by atoms with Crippen LogP contribution >= 0.6 is 0 Å². The Morgan fingerprint density at radius 3 is 2.86 bits per heavy atom.